The maximum atomic E-state index is 12.1. The van der Waals surface area contributed by atoms with Crippen molar-refractivity contribution < 1.29 is 9.32 Å². The van der Waals surface area contributed by atoms with Crippen LogP contribution in [-0.2, 0) is 11.3 Å². The lowest BCUT2D eigenvalue weighted by molar-refractivity contribution is -0.122. The van der Waals surface area contributed by atoms with E-state index in [2.05, 4.69) is 15.5 Å². The zero-order chi connectivity index (χ0) is 17.8. The van der Waals surface area contributed by atoms with Crippen molar-refractivity contribution in [2.75, 3.05) is 0 Å². The predicted octanol–water partition coefficient (Wildman–Crippen LogP) is 2.08. The molecule has 0 radical (unpaired) electrons. The van der Waals surface area contributed by atoms with E-state index in [9.17, 15) is 9.59 Å². The molecule has 3 rings (SSSR count). The van der Waals surface area contributed by atoms with E-state index in [1.165, 1.54) is 12.1 Å². The van der Waals surface area contributed by atoms with Crippen molar-refractivity contribution >= 4 is 5.91 Å². The van der Waals surface area contributed by atoms with Crippen LogP contribution in [0.2, 0.25) is 0 Å². The van der Waals surface area contributed by atoms with Crippen LogP contribution in [0.1, 0.15) is 24.4 Å². The minimum absolute atomic E-state index is 0.0976. The molecule has 0 aliphatic carbocycles. The van der Waals surface area contributed by atoms with E-state index in [0.29, 0.717) is 11.7 Å². The number of pyridine rings is 1. The molecule has 0 spiro atoms. The van der Waals surface area contributed by atoms with Crippen LogP contribution in [0.3, 0.4) is 0 Å². The first kappa shape index (κ1) is 16.6. The third kappa shape index (κ3) is 4.00. The van der Waals surface area contributed by atoms with Gasteiger partial charge in [0.15, 0.2) is 5.43 Å². The van der Waals surface area contributed by atoms with Crippen LogP contribution in [0.5, 0.6) is 0 Å². The lowest BCUT2D eigenvalue weighted by Crippen LogP contribution is -2.30. The number of benzene rings is 1. The van der Waals surface area contributed by atoms with Crippen molar-refractivity contribution in [1.82, 2.24) is 20.0 Å². The number of carbonyl (C=O) groups is 1. The van der Waals surface area contributed by atoms with Crippen LogP contribution < -0.4 is 10.7 Å². The molecule has 7 heteroatoms. The summed E-state index contributed by atoms with van der Waals surface area (Å²) in [5, 5.41) is 6.80. The van der Waals surface area contributed by atoms with E-state index in [0.717, 1.165) is 11.1 Å². The average molecular weight is 338 g/mol. The molecular formula is C18H18N4O3. The molecule has 2 aromatic heterocycles. The van der Waals surface area contributed by atoms with E-state index in [4.69, 9.17) is 4.52 Å². The van der Waals surface area contributed by atoms with E-state index >= 15 is 0 Å². The Balaban J connectivity index is 1.66. The fraction of sp³-hybridized carbons (Fsp3) is 0.222. The summed E-state index contributed by atoms with van der Waals surface area (Å²) in [5.74, 6) is 0.618. The van der Waals surface area contributed by atoms with Crippen LogP contribution in [0.4, 0.5) is 0 Å². The van der Waals surface area contributed by atoms with E-state index < -0.39 is 6.04 Å². The summed E-state index contributed by atoms with van der Waals surface area (Å²) in [7, 11) is 0. The van der Waals surface area contributed by atoms with Gasteiger partial charge in [0.2, 0.25) is 17.6 Å². The first-order chi connectivity index (χ1) is 12.0. The van der Waals surface area contributed by atoms with Crippen molar-refractivity contribution in [2.45, 2.75) is 26.4 Å². The Hall–Kier alpha value is -3.22. The predicted molar refractivity (Wildman–Crippen MR) is 91.7 cm³/mol. The summed E-state index contributed by atoms with van der Waals surface area (Å²) in [6, 6.07) is 10.1. The van der Waals surface area contributed by atoms with Crippen molar-refractivity contribution in [2.24, 2.45) is 0 Å². The quantitative estimate of drug-likeness (QED) is 0.769. The fourth-order valence-electron chi connectivity index (χ4n) is 2.41. The molecule has 0 aliphatic rings. The summed E-state index contributed by atoms with van der Waals surface area (Å²) in [6.45, 7) is 3.85. The highest BCUT2D eigenvalue weighted by Crippen LogP contribution is 2.21. The number of hydrogen-bond acceptors (Lipinski definition) is 5. The highest BCUT2D eigenvalue weighted by Gasteiger charge is 2.18. The molecule has 1 unspecified atom stereocenters. The number of nitrogens with one attached hydrogen (secondary N) is 1. The van der Waals surface area contributed by atoms with E-state index in [1.807, 2.05) is 31.2 Å². The molecule has 3 aromatic rings. The Morgan fingerprint density at radius 2 is 1.96 bits per heavy atom. The van der Waals surface area contributed by atoms with Crippen molar-refractivity contribution in [3.63, 3.8) is 0 Å². The second kappa shape index (κ2) is 7.12. The Morgan fingerprint density at radius 1 is 1.24 bits per heavy atom. The number of aryl methyl sites for hydroxylation is 1. The van der Waals surface area contributed by atoms with Crippen LogP contribution in [0, 0.1) is 6.92 Å². The standard InChI is InChI=1S/C18H18N4O3/c1-12-5-3-4-6-15(12)17-20-18(25-21-17)13(2)19-16(24)11-22-9-7-14(23)8-10-22/h3-10,13H,11H2,1-2H3,(H,19,24). The van der Waals surface area contributed by atoms with Crippen LogP contribution >= 0.6 is 0 Å². The Kier molecular flexibility index (Phi) is 4.74. The number of amides is 1. The Morgan fingerprint density at radius 3 is 2.68 bits per heavy atom. The first-order valence-corrected chi connectivity index (χ1v) is 7.88. The fourth-order valence-corrected chi connectivity index (χ4v) is 2.41. The Labute approximate surface area is 144 Å². The molecule has 0 saturated heterocycles. The summed E-state index contributed by atoms with van der Waals surface area (Å²) in [6.07, 6.45) is 3.13. The lowest BCUT2D eigenvalue weighted by Gasteiger charge is -2.11. The van der Waals surface area contributed by atoms with Gasteiger partial charge in [0.05, 0.1) is 0 Å². The van der Waals surface area contributed by atoms with E-state index in [-0.39, 0.29) is 17.9 Å². The second-order valence-electron chi connectivity index (χ2n) is 5.77. The molecule has 0 fully saturated rings. The molecule has 1 atom stereocenters. The van der Waals surface area contributed by atoms with Crippen LogP contribution in [-0.4, -0.2) is 20.6 Å². The van der Waals surface area contributed by atoms with Crippen LogP contribution in [0.25, 0.3) is 11.4 Å². The van der Waals surface area contributed by atoms with Crippen LogP contribution in [0.15, 0.2) is 58.1 Å². The van der Waals surface area contributed by atoms with Gasteiger partial charge in [-0.3, -0.25) is 9.59 Å². The summed E-state index contributed by atoms with van der Waals surface area (Å²) < 4.78 is 6.90. The van der Waals surface area contributed by atoms with Gasteiger partial charge in [0.25, 0.3) is 0 Å². The maximum absolute atomic E-state index is 12.1. The van der Waals surface area contributed by atoms with Gasteiger partial charge in [0.1, 0.15) is 12.6 Å². The Bertz CT molecular complexity index is 925. The number of carbonyl (C=O) groups excluding carboxylic acids is 1. The van der Waals surface area contributed by atoms with Gasteiger partial charge in [-0.05, 0) is 19.4 Å². The molecule has 2 heterocycles. The minimum Gasteiger partial charge on any atom is -0.345 e. The van der Waals surface area contributed by atoms with Gasteiger partial charge in [-0.2, -0.15) is 4.98 Å². The zero-order valence-corrected chi connectivity index (χ0v) is 14.0. The topological polar surface area (TPSA) is 90.0 Å². The van der Waals surface area contributed by atoms with Crippen molar-refractivity contribution in [3.8, 4) is 11.4 Å². The third-order valence-electron chi connectivity index (χ3n) is 3.76. The maximum Gasteiger partial charge on any atom is 0.249 e. The monoisotopic (exact) mass is 338 g/mol. The molecule has 1 aromatic carbocycles. The lowest BCUT2D eigenvalue weighted by atomic mass is 10.1. The minimum atomic E-state index is -0.419. The highest BCUT2D eigenvalue weighted by molar-refractivity contribution is 5.76. The average Bonchev–Trinajstić information content (AvgIpc) is 3.07. The molecule has 0 bridgehead atoms. The molecule has 25 heavy (non-hydrogen) atoms. The molecule has 1 N–H and O–H groups in total. The summed E-state index contributed by atoms with van der Waals surface area (Å²) in [4.78, 5) is 27.6. The van der Waals surface area contributed by atoms with E-state index in [1.54, 1.807) is 23.9 Å². The molecular weight excluding hydrogens is 320 g/mol. The summed E-state index contributed by atoms with van der Waals surface area (Å²) in [5.41, 5.74) is 1.84. The molecule has 0 saturated carbocycles. The van der Waals surface area contributed by atoms with Crippen molar-refractivity contribution in [3.05, 3.63) is 70.5 Å². The SMILES string of the molecule is Cc1ccccc1-c1noc(C(C)NC(=O)Cn2ccc(=O)cc2)n1. The third-order valence-corrected chi connectivity index (χ3v) is 3.76. The van der Waals surface area contributed by atoms with Gasteiger partial charge in [-0.1, -0.05) is 29.4 Å². The van der Waals surface area contributed by atoms with Gasteiger partial charge in [-0.25, -0.2) is 0 Å². The number of rotatable bonds is 5. The van der Waals surface area contributed by atoms with Gasteiger partial charge < -0.3 is 14.4 Å². The molecule has 128 valence electrons. The highest BCUT2D eigenvalue weighted by atomic mass is 16.5. The van der Waals surface area contributed by atoms with Gasteiger partial charge >= 0.3 is 0 Å². The molecule has 0 aliphatic heterocycles. The number of hydrogen-bond donors (Lipinski definition) is 1. The number of aromatic nitrogens is 3. The zero-order valence-electron chi connectivity index (χ0n) is 14.0. The molecule has 1 amide bonds. The largest absolute Gasteiger partial charge is 0.345 e. The molecule has 7 nitrogen and oxygen atoms in total. The summed E-state index contributed by atoms with van der Waals surface area (Å²) >= 11 is 0. The van der Waals surface area contributed by atoms with Gasteiger partial charge in [-0.15, -0.1) is 0 Å². The second-order valence-corrected chi connectivity index (χ2v) is 5.77. The normalized spacial score (nSPS) is 11.9. The number of nitrogens with zero attached hydrogens (tertiary/aromatic N) is 3. The first-order valence-electron chi connectivity index (χ1n) is 7.88. The smallest absolute Gasteiger partial charge is 0.249 e. The van der Waals surface area contributed by atoms with Gasteiger partial charge in [0, 0.05) is 30.1 Å². The van der Waals surface area contributed by atoms with Crippen molar-refractivity contribution in [1.29, 1.82) is 0 Å².